The molecule has 0 saturated heterocycles. The second-order valence-electron chi connectivity index (χ2n) is 5.87. The lowest BCUT2D eigenvalue weighted by molar-refractivity contribution is -0.139. The van der Waals surface area contributed by atoms with Gasteiger partial charge in [-0.1, -0.05) is 36.4 Å². The van der Waals surface area contributed by atoms with Crippen molar-refractivity contribution in [3.05, 3.63) is 47.7 Å². The van der Waals surface area contributed by atoms with Crippen molar-refractivity contribution >= 4 is 51.9 Å². The van der Waals surface area contributed by atoms with Gasteiger partial charge in [-0.05, 0) is 29.5 Å². The third kappa shape index (κ3) is 4.83. The van der Waals surface area contributed by atoms with Crippen LogP contribution in [0.2, 0.25) is 5.28 Å². The predicted molar refractivity (Wildman–Crippen MR) is 104 cm³/mol. The number of rotatable bonds is 8. The number of aromatic nitrogens is 3. The Hall–Kier alpha value is -3.46. The molecule has 3 rings (SSSR count). The van der Waals surface area contributed by atoms with Gasteiger partial charge in [-0.3, -0.25) is 4.79 Å². The van der Waals surface area contributed by atoms with Crippen LogP contribution >= 0.6 is 11.6 Å². The second kappa shape index (κ2) is 8.49. The average molecular weight is 402 g/mol. The van der Waals surface area contributed by atoms with E-state index in [0.717, 1.165) is 16.5 Å². The van der Waals surface area contributed by atoms with Gasteiger partial charge in [0.1, 0.15) is 6.04 Å². The topological polar surface area (TPSA) is 137 Å². The number of nitrogens with zero attached hydrogens (tertiary/aromatic N) is 3. The maximum atomic E-state index is 11.3. The van der Waals surface area contributed by atoms with Crippen molar-refractivity contribution in [3.63, 3.8) is 0 Å². The zero-order chi connectivity index (χ0) is 20.1. The minimum atomic E-state index is -1.22. The van der Waals surface area contributed by atoms with Crippen molar-refractivity contribution in [2.24, 2.45) is 0 Å². The number of hydrogen-bond acceptors (Lipinski definition) is 7. The second-order valence-corrected chi connectivity index (χ2v) is 6.21. The van der Waals surface area contributed by atoms with E-state index in [2.05, 4.69) is 25.6 Å². The average Bonchev–Trinajstić information content (AvgIpc) is 2.64. The molecule has 144 valence electrons. The molecule has 0 saturated carbocycles. The summed E-state index contributed by atoms with van der Waals surface area (Å²) in [6.45, 7) is 0. The Morgan fingerprint density at radius 3 is 2.46 bits per heavy atom. The maximum Gasteiger partial charge on any atom is 0.326 e. The van der Waals surface area contributed by atoms with Crippen LogP contribution in [0, 0.1) is 0 Å². The first-order valence-electron chi connectivity index (χ1n) is 8.30. The van der Waals surface area contributed by atoms with Crippen LogP contribution in [0.4, 0.5) is 17.6 Å². The van der Waals surface area contributed by atoms with Crippen molar-refractivity contribution in [2.75, 3.05) is 10.6 Å². The molecule has 1 aromatic heterocycles. The lowest BCUT2D eigenvalue weighted by atomic mass is 10.1. The number of hydrogen-bond donors (Lipinski definition) is 4. The molecule has 10 heteroatoms. The van der Waals surface area contributed by atoms with E-state index >= 15 is 0 Å². The Morgan fingerprint density at radius 1 is 1.00 bits per heavy atom. The van der Waals surface area contributed by atoms with E-state index in [4.69, 9.17) is 16.7 Å². The first-order valence-corrected chi connectivity index (χ1v) is 8.67. The highest BCUT2D eigenvalue weighted by molar-refractivity contribution is 6.28. The molecule has 4 N–H and O–H groups in total. The standard InChI is InChI=1S/C18H16ClN5O4/c19-16-22-17(20-12-7-3-5-10-4-1-2-6-11(10)12)24-18(23-16)21-13(15(27)28)8-9-14(25)26/h1-7,13H,8-9H2,(H,25,26)(H,27,28)(H2,20,21,22,23,24). The van der Waals surface area contributed by atoms with Crippen LogP contribution in [-0.4, -0.2) is 43.1 Å². The largest absolute Gasteiger partial charge is 0.481 e. The molecule has 3 aromatic rings. The Kier molecular flexibility index (Phi) is 5.85. The van der Waals surface area contributed by atoms with E-state index in [1.807, 2.05) is 42.5 Å². The lowest BCUT2D eigenvalue weighted by Crippen LogP contribution is -2.31. The smallest absolute Gasteiger partial charge is 0.326 e. The van der Waals surface area contributed by atoms with E-state index in [-0.39, 0.29) is 30.0 Å². The highest BCUT2D eigenvalue weighted by Crippen LogP contribution is 2.25. The molecule has 0 spiro atoms. The summed E-state index contributed by atoms with van der Waals surface area (Å²) >= 11 is 5.94. The summed E-state index contributed by atoms with van der Waals surface area (Å²) in [7, 11) is 0. The molecule has 1 unspecified atom stereocenters. The van der Waals surface area contributed by atoms with Gasteiger partial charge in [0.25, 0.3) is 0 Å². The number of carbonyl (C=O) groups is 2. The fraction of sp³-hybridized carbons (Fsp3) is 0.167. The molecule has 0 radical (unpaired) electrons. The number of benzene rings is 2. The van der Waals surface area contributed by atoms with Crippen LogP contribution in [0.3, 0.4) is 0 Å². The molecule has 0 fully saturated rings. The Morgan fingerprint density at radius 2 is 1.71 bits per heavy atom. The third-order valence-corrected chi connectivity index (χ3v) is 4.06. The fourth-order valence-corrected chi connectivity index (χ4v) is 2.77. The van der Waals surface area contributed by atoms with Crippen LogP contribution in [0.25, 0.3) is 10.8 Å². The maximum absolute atomic E-state index is 11.3. The number of aliphatic carboxylic acids is 2. The monoisotopic (exact) mass is 401 g/mol. The van der Waals surface area contributed by atoms with Crippen LogP contribution in [0.5, 0.6) is 0 Å². The number of nitrogens with one attached hydrogen (secondary N) is 2. The molecule has 0 aliphatic carbocycles. The van der Waals surface area contributed by atoms with Crippen molar-refractivity contribution in [3.8, 4) is 0 Å². The van der Waals surface area contributed by atoms with Crippen molar-refractivity contribution < 1.29 is 19.8 Å². The SMILES string of the molecule is O=C(O)CCC(Nc1nc(Cl)nc(Nc2cccc3ccccc23)n1)C(=O)O. The van der Waals surface area contributed by atoms with Crippen molar-refractivity contribution in [1.29, 1.82) is 0 Å². The van der Waals surface area contributed by atoms with Crippen LogP contribution < -0.4 is 10.6 Å². The molecule has 1 heterocycles. The Balaban J connectivity index is 1.84. The number of anilines is 3. The highest BCUT2D eigenvalue weighted by Gasteiger charge is 2.20. The van der Waals surface area contributed by atoms with Crippen molar-refractivity contribution in [1.82, 2.24) is 15.0 Å². The van der Waals surface area contributed by atoms with E-state index in [1.165, 1.54) is 0 Å². The van der Waals surface area contributed by atoms with E-state index in [1.54, 1.807) is 0 Å². The lowest BCUT2D eigenvalue weighted by Gasteiger charge is -2.14. The van der Waals surface area contributed by atoms with Crippen LogP contribution in [0.1, 0.15) is 12.8 Å². The van der Waals surface area contributed by atoms with Gasteiger partial charge in [-0.2, -0.15) is 15.0 Å². The van der Waals surface area contributed by atoms with E-state index in [0.29, 0.717) is 0 Å². The molecule has 1 atom stereocenters. The van der Waals surface area contributed by atoms with Gasteiger partial charge in [0.05, 0.1) is 0 Å². The summed E-state index contributed by atoms with van der Waals surface area (Å²) in [6.07, 6.45) is -0.454. The molecule has 0 aliphatic heterocycles. The van der Waals surface area contributed by atoms with Crippen molar-refractivity contribution in [2.45, 2.75) is 18.9 Å². The summed E-state index contributed by atoms with van der Waals surface area (Å²) in [5.41, 5.74) is 0.743. The normalized spacial score (nSPS) is 11.8. The number of carboxylic acids is 2. The third-order valence-electron chi connectivity index (χ3n) is 3.89. The summed E-state index contributed by atoms with van der Waals surface area (Å²) in [5.74, 6) is -2.26. The number of halogens is 1. The Labute approximate surface area is 164 Å². The summed E-state index contributed by atoms with van der Waals surface area (Å²) in [4.78, 5) is 34.1. The van der Waals surface area contributed by atoms with Gasteiger partial charge >= 0.3 is 11.9 Å². The Bertz CT molecular complexity index is 1020. The van der Waals surface area contributed by atoms with Crippen LogP contribution in [-0.2, 0) is 9.59 Å². The van der Waals surface area contributed by atoms with E-state index in [9.17, 15) is 14.7 Å². The van der Waals surface area contributed by atoms with Gasteiger partial charge in [0, 0.05) is 17.5 Å². The van der Waals surface area contributed by atoms with Gasteiger partial charge < -0.3 is 20.8 Å². The minimum Gasteiger partial charge on any atom is -0.481 e. The summed E-state index contributed by atoms with van der Waals surface area (Å²) in [5, 5.41) is 25.5. The molecule has 2 aromatic carbocycles. The quantitative estimate of drug-likeness (QED) is 0.448. The predicted octanol–water partition coefficient (Wildman–Crippen LogP) is 3.15. The molecule has 0 aliphatic rings. The fourth-order valence-electron chi connectivity index (χ4n) is 2.61. The van der Waals surface area contributed by atoms with E-state index < -0.39 is 18.0 Å². The first-order chi connectivity index (χ1) is 13.4. The molecular formula is C18H16ClN5O4. The van der Waals surface area contributed by atoms with Gasteiger partial charge in [-0.15, -0.1) is 0 Å². The minimum absolute atomic E-state index is 0.0690. The zero-order valence-corrected chi connectivity index (χ0v) is 15.2. The molecule has 28 heavy (non-hydrogen) atoms. The number of carboxylic acid groups (broad SMARTS) is 2. The number of fused-ring (bicyclic) bond motifs is 1. The van der Waals surface area contributed by atoms with Gasteiger partial charge in [-0.25, -0.2) is 4.79 Å². The van der Waals surface area contributed by atoms with Gasteiger partial charge in [0.15, 0.2) is 0 Å². The zero-order valence-electron chi connectivity index (χ0n) is 14.5. The molecule has 0 bridgehead atoms. The van der Waals surface area contributed by atoms with Gasteiger partial charge in [0.2, 0.25) is 17.2 Å². The summed E-state index contributed by atoms with van der Waals surface area (Å²) < 4.78 is 0. The molecule has 0 amide bonds. The molecule has 9 nitrogen and oxygen atoms in total. The highest BCUT2D eigenvalue weighted by atomic mass is 35.5. The molecular weight excluding hydrogens is 386 g/mol. The summed E-state index contributed by atoms with van der Waals surface area (Å²) in [6, 6.07) is 12.2. The first kappa shape index (κ1) is 19.3. The van der Waals surface area contributed by atoms with Crippen LogP contribution in [0.15, 0.2) is 42.5 Å².